The Balaban J connectivity index is 1.73. The quantitative estimate of drug-likeness (QED) is 0.714. The van der Waals surface area contributed by atoms with Gasteiger partial charge >= 0.3 is 0 Å². The summed E-state index contributed by atoms with van der Waals surface area (Å²) in [6.07, 6.45) is 2.89. The Kier molecular flexibility index (Phi) is 5.07. The average Bonchev–Trinajstić information content (AvgIpc) is 2.65. The third-order valence-electron chi connectivity index (χ3n) is 3.56. The zero-order chi connectivity index (χ0) is 18.5. The lowest BCUT2D eigenvalue weighted by atomic mass is 10.2. The molecule has 0 atom stereocenters. The predicted octanol–water partition coefficient (Wildman–Crippen LogP) is 4.36. The molecule has 1 aromatic heterocycles. The van der Waals surface area contributed by atoms with Crippen molar-refractivity contribution in [3.8, 4) is 5.75 Å². The fourth-order valence-electron chi connectivity index (χ4n) is 2.25. The monoisotopic (exact) mass is 355 g/mol. The van der Waals surface area contributed by atoms with Crippen molar-refractivity contribution >= 4 is 23.0 Å². The van der Waals surface area contributed by atoms with Crippen LogP contribution in [0.25, 0.3) is 0 Å². The lowest BCUT2D eigenvalue weighted by molar-refractivity contribution is 0.102. The lowest BCUT2D eigenvalue weighted by Crippen LogP contribution is -2.12. The summed E-state index contributed by atoms with van der Waals surface area (Å²) < 4.78 is 31.3. The molecule has 0 radical (unpaired) electrons. The topological polar surface area (TPSA) is 63.2 Å². The van der Waals surface area contributed by atoms with Crippen molar-refractivity contribution in [2.45, 2.75) is 0 Å². The molecular weight excluding hydrogens is 340 g/mol. The van der Waals surface area contributed by atoms with Gasteiger partial charge in [-0.2, -0.15) is 0 Å². The van der Waals surface area contributed by atoms with Crippen LogP contribution in [0.5, 0.6) is 5.75 Å². The zero-order valence-corrected chi connectivity index (χ0v) is 13.8. The molecule has 0 saturated carbocycles. The molecule has 3 rings (SSSR count). The Bertz CT molecular complexity index is 930. The van der Waals surface area contributed by atoms with E-state index in [0.717, 1.165) is 12.1 Å². The van der Waals surface area contributed by atoms with Gasteiger partial charge in [-0.25, -0.2) is 8.78 Å². The maximum atomic E-state index is 13.3. The third-order valence-corrected chi connectivity index (χ3v) is 3.56. The van der Waals surface area contributed by atoms with Gasteiger partial charge in [0.05, 0.1) is 24.6 Å². The summed E-state index contributed by atoms with van der Waals surface area (Å²) in [5.41, 5.74) is 1.74. The molecule has 26 heavy (non-hydrogen) atoms. The van der Waals surface area contributed by atoms with Gasteiger partial charge in [-0.05, 0) is 42.5 Å². The van der Waals surface area contributed by atoms with E-state index in [1.807, 2.05) is 0 Å². The average molecular weight is 355 g/mol. The Morgan fingerprint density at radius 2 is 1.65 bits per heavy atom. The summed E-state index contributed by atoms with van der Waals surface area (Å²) in [5, 5.41) is 5.63. The molecule has 7 heteroatoms. The number of nitrogens with zero attached hydrogens (tertiary/aromatic N) is 1. The molecule has 0 aliphatic rings. The number of methoxy groups -OCH3 is 1. The van der Waals surface area contributed by atoms with Gasteiger partial charge < -0.3 is 15.4 Å². The largest absolute Gasteiger partial charge is 0.497 e. The second-order valence-electron chi connectivity index (χ2n) is 5.40. The van der Waals surface area contributed by atoms with Crippen LogP contribution < -0.4 is 15.4 Å². The Morgan fingerprint density at radius 3 is 2.35 bits per heavy atom. The number of hydrogen-bond acceptors (Lipinski definition) is 4. The van der Waals surface area contributed by atoms with Crippen molar-refractivity contribution in [1.82, 2.24) is 4.98 Å². The predicted molar refractivity (Wildman–Crippen MR) is 94.8 cm³/mol. The molecule has 0 spiro atoms. The fourth-order valence-corrected chi connectivity index (χ4v) is 2.25. The van der Waals surface area contributed by atoms with Crippen LogP contribution in [0, 0.1) is 11.6 Å². The van der Waals surface area contributed by atoms with Crippen molar-refractivity contribution in [3.05, 3.63) is 78.1 Å². The van der Waals surface area contributed by atoms with Crippen LogP contribution in [0.2, 0.25) is 0 Å². The highest BCUT2D eigenvalue weighted by Gasteiger charge is 2.09. The number of amides is 1. The first kappa shape index (κ1) is 17.3. The van der Waals surface area contributed by atoms with Gasteiger partial charge in [0.15, 0.2) is 11.6 Å². The first-order valence-electron chi connectivity index (χ1n) is 7.67. The highest BCUT2D eigenvalue weighted by Crippen LogP contribution is 2.20. The number of aromatic nitrogens is 1. The number of benzene rings is 2. The minimum atomic E-state index is -0.962. The minimum Gasteiger partial charge on any atom is -0.497 e. The number of ether oxygens (including phenoxy) is 1. The molecule has 0 aliphatic heterocycles. The molecule has 0 bridgehead atoms. The molecule has 1 amide bonds. The van der Waals surface area contributed by atoms with E-state index < -0.39 is 11.6 Å². The number of carbonyl (C=O) groups excluding carboxylic acids is 1. The van der Waals surface area contributed by atoms with Gasteiger partial charge in [0.25, 0.3) is 5.91 Å². The van der Waals surface area contributed by atoms with Crippen LogP contribution in [-0.4, -0.2) is 18.0 Å². The van der Waals surface area contributed by atoms with E-state index in [-0.39, 0.29) is 5.91 Å². The highest BCUT2D eigenvalue weighted by atomic mass is 19.2. The Hall–Kier alpha value is -3.48. The normalized spacial score (nSPS) is 10.3. The van der Waals surface area contributed by atoms with Gasteiger partial charge in [0.1, 0.15) is 5.75 Å². The molecule has 2 aromatic carbocycles. The third kappa shape index (κ3) is 4.13. The van der Waals surface area contributed by atoms with Gasteiger partial charge in [0, 0.05) is 23.6 Å². The van der Waals surface area contributed by atoms with E-state index in [2.05, 4.69) is 15.6 Å². The van der Waals surface area contributed by atoms with E-state index in [9.17, 15) is 13.6 Å². The van der Waals surface area contributed by atoms with Crippen molar-refractivity contribution in [3.63, 3.8) is 0 Å². The minimum absolute atomic E-state index is 0.313. The molecule has 0 saturated heterocycles. The molecule has 0 unspecified atom stereocenters. The summed E-state index contributed by atoms with van der Waals surface area (Å²) in [6.45, 7) is 0. The molecule has 132 valence electrons. The number of rotatable bonds is 5. The molecule has 3 aromatic rings. The SMILES string of the molecule is COc1ccc(NC(=O)c2cncc(Nc3ccc(F)c(F)c3)c2)cc1. The first-order chi connectivity index (χ1) is 12.5. The van der Waals surface area contributed by atoms with E-state index >= 15 is 0 Å². The standard InChI is InChI=1S/C19H15F2N3O2/c1-26-16-5-2-13(3-6-16)24-19(25)12-8-15(11-22-10-12)23-14-4-7-17(20)18(21)9-14/h2-11,23H,1H3,(H,24,25). The highest BCUT2D eigenvalue weighted by molar-refractivity contribution is 6.04. The van der Waals surface area contributed by atoms with Gasteiger partial charge in [-0.1, -0.05) is 0 Å². The van der Waals surface area contributed by atoms with Gasteiger partial charge in [0.2, 0.25) is 0 Å². The molecule has 1 heterocycles. The number of pyridine rings is 1. The molecule has 0 fully saturated rings. The van der Waals surface area contributed by atoms with E-state index in [1.54, 1.807) is 37.4 Å². The van der Waals surface area contributed by atoms with Crippen molar-refractivity contribution in [1.29, 1.82) is 0 Å². The summed E-state index contributed by atoms with van der Waals surface area (Å²) in [6, 6.07) is 11.9. The Morgan fingerprint density at radius 1 is 0.923 bits per heavy atom. The van der Waals surface area contributed by atoms with Crippen molar-refractivity contribution < 1.29 is 18.3 Å². The zero-order valence-electron chi connectivity index (χ0n) is 13.8. The van der Waals surface area contributed by atoms with Crippen LogP contribution in [0.4, 0.5) is 25.8 Å². The molecule has 5 nitrogen and oxygen atoms in total. The second-order valence-corrected chi connectivity index (χ2v) is 5.40. The van der Waals surface area contributed by atoms with E-state index in [4.69, 9.17) is 4.74 Å². The van der Waals surface area contributed by atoms with Crippen LogP contribution in [0.15, 0.2) is 60.9 Å². The maximum Gasteiger partial charge on any atom is 0.257 e. The van der Waals surface area contributed by atoms with Crippen LogP contribution in [-0.2, 0) is 0 Å². The maximum absolute atomic E-state index is 13.3. The fraction of sp³-hybridized carbons (Fsp3) is 0.0526. The Labute approximate surface area is 148 Å². The summed E-state index contributed by atoms with van der Waals surface area (Å²) in [5.74, 6) is -1.56. The van der Waals surface area contributed by atoms with Crippen LogP contribution in [0.1, 0.15) is 10.4 Å². The second kappa shape index (κ2) is 7.60. The summed E-state index contributed by atoms with van der Waals surface area (Å²) in [4.78, 5) is 16.4. The smallest absolute Gasteiger partial charge is 0.257 e. The lowest BCUT2D eigenvalue weighted by Gasteiger charge is -2.09. The van der Waals surface area contributed by atoms with Crippen molar-refractivity contribution in [2.24, 2.45) is 0 Å². The molecule has 0 aliphatic carbocycles. The number of anilines is 3. The van der Waals surface area contributed by atoms with Crippen LogP contribution in [0.3, 0.4) is 0 Å². The van der Waals surface area contributed by atoms with Crippen LogP contribution >= 0.6 is 0 Å². The summed E-state index contributed by atoms with van der Waals surface area (Å²) in [7, 11) is 1.56. The number of carbonyl (C=O) groups is 1. The van der Waals surface area contributed by atoms with Gasteiger partial charge in [-0.15, -0.1) is 0 Å². The van der Waals surface area contributed by atoms with E-state index in [0.29, 0.717) is 28.4 Å². The van der Waals surface area contributed by atoms with E-state index in [1.165, 1.54) is 18.5 Å². The van der Waals surface area contributed by atoms with Crippen molar-refractivity contribution in [2.75, 3.05) is 17.7 Å². The number of halogens is 2. The number of hydrogen-bond donors (Lipinski definition) is 2. The van der Waals surface area contributed by atoms with Gasteiger partial charge in [-0.3, -0.25) is 9.78 Å². The number of nitrogens with one attached hydrogen (secondary N) is 2. The first-order valence-corrected chi connectivity index (χ1v) is 7.67. The molecule has 2 N–H and O–H groups in total. The molecular formula is C19H15F2N3O2. The summed E-state index contributed by atoms with van der Waals surface area (Å²) >= 11 is 0.